The van der Waals surface area contributed by atoms with Gasteiger partial charge in [0, 0.05) is 43.8 Å². The standard InChI is InChI=1S/C32H18N8.2CN.Co.Na.H/c1-2-10-18-17(9-1)25-33-26(18)38-28-21-13-5-6-14-22(21)30(35-28)40-32-24-16-8-7-15-23(24)31(36-32)39-29-20-12-4-3-11-19(20)27(34-29)37-25;2*1-2;;;/h1-16H,(H2,33,34,35,36,37,38,39,40);;;;;. The monoisotopic (exact) mass is 649 g/mol. The molecule has 8 bridgehead atoms. The molecule has 0 amide bonds. The summed E-state index contributed by atoms with van der Waals surface area (Å²) in [6, 6.07) is 32.2. The molecule has 12 heteroatoms. The minimum absolute atomic E-state index is 0. The number of hydrogen-bond acceptors (Lipinski definition) is 8. The average molecular weight is 650 g/mol. The molecule has 0 unspecified atom stereocenters. The van der Waals surface area contributed by atoms with Gasteiger partial charge in [0.15, 0.2) is 23.3 Å². The molecule has 5 heterocycles. The van der Waals surface area contributed by atoms with Gasteiger partial charge in [0.2, 0.25) is 0 Å². The Morgan fingerprint density at radius 3 is 0.913 bits per heavy atom. The van der Waals surface area contributed by atoms with Crippen LogP contribution >= 0.6 is 0 Å². The van der Waals surface area contributed by atoms with Crippen molar-refractivity contribution in [1.82, 2.24) is 39.9 Å². The fraction of sp³-hybridized carbons (Fsp3) is 0. The maximum Gasteiger partial charge on any atom is 0.164 e. The molecular formula is C34H19CoN10Na. The van der Waals surface area contributed by atoms with Gasteiger partial charge in [0.05, 0.1) is 0 Å². The zero-order valence-corrected chi connectivity index (χ0v) is 24.2. The summed E-state index contributed by atoms with van der Waals surface area (Å²) in [4.78, 5) is 36.8. The predicted octanol–water partition coefficient (Wildman–Crippen LogP) is 6.25. The summed E-state index contributed by atoms with van der Waals surface area (Å²) in [7, 11) is 0. The van der Waals surface area contributed by atoms with Gasteiger partial charge in [-0.2, -0.15) is 0 Å². The first-order chi connectivity index (χ1) is 22.2. The smallest absolute Gasteiger partial charge is 0.164 e. The van der Waals surface area contributed by atoms with Crippen molar-refractivity contribution in [3.63, 3.8) is 0 Å². The van der Waals surface area contributed by atoms with Crippen LogP contribution in [0.25, 0.3) is 89.7 Å². The Balaban J connectivity index is 0.000000526. The second kappa shape index (κ2) is 12.3. The Bertz CT molecular complexity index is 2250. The van der Waals surface area contributed by atoms with E-state index in [1.165, 1.54) is 0 Å². The van der Waals surface area contributed by atoms with Crippen LogP contribution in [0.3, 0.4) is 0 Å². The Labute approximate surface area is 289 Å². The SMILES string of the molecule is N#[C][Co][C]#N.[NaH].c1ccc2c(c1)-c1nc-2nc2[nH]c(nc3nc(nc4[nH]c(n1)c1ccccc41)-c1ccccc1-3)c1ccccc21. The molecule has 2 aliphatic heterocycles. The van der Waals surface area contributed by atoms with E-state index in [-0.39, 0.29) is 44.3 Å². The molecule has 4 aromatic carbocycles. The quantitative estimate of drug-likeness (QED) is 0.183. The molecule has 0 aliphatic carbocycles. The van der Waals surface area contributed by atoms with Crippen LogP contribution < -0.4 is 0 Å². The van der Waals surface area contributed by atoms with E-state index in [2.05, 4.69) is 9.97 Å². The maximum atomic E-state index is 7.58. The Hall–Kier alpha value is -5.27. The molecular weight excluding hydrogens is 630 g/mol. The Kier molecular flexibility index (Phi) is 7.84. The van der Waals surface area contributed by atoms with Crippen LogP contribution in [-0.4, -0.2) is 69.4 Å². The minimum Gasteiger partial charge on any atom is -0.324 e. The summed E-state index contributed by atoms with van der Waals surface area (Å²) in [5.41, 5.74) is 6.45. The van der Waals surface area contributed by atoms with Gasteiger partial charge in [-0.25, -0.2) is 29.9 Å². The third kappa shape index (κ3) is 5.03. The topological polar surface area (TPSA) is 156 Å². The molecule has 2 N–H and O–H groups in total. The van der Waals surface area contributed by atoms with E-state index in [0.717, 1.165) is 43.8 Å². The van der Waals surface area contributed by atoms with Crippen LogP contribution in [0.15, 0.2) is 97.1 Å². The summed E-state index contributed by atoms with van der Waals surface area (Å²) in [6.45, 7) is 0. The molecule has 2 aliphatic rings. The van der Waals surface area contributed by atoms with Gasteiger partial charge in [-0.15, -0.1) is 0 Å². The number of H-pyrrole nitrogens is 2. The van der Waals surface area contributed by atoms with E-state index in [1.807, 2.05) is 97.1 Å². The van der Waals surface area contributed by atoms with E-state index >= 15 is 0 Å². The largest absolute Gasteiger partial charge is 0.324 e. The van der Waals surface area contributed by atoms with E-state index < -0.39 is 0 Å². The number of aromatic nitrogens is 8. The van der Waals surface area contributed by atoms with Gasteiger partial charge in [0.25, 0.3) is 0 Å². The third-order valence-corrected chi connectivity index (χ3v) is 7.77. The maximum absolute atomic E-state index is 7.58. The first-order valence-electron chi connectivity index (χ1n) is 13.8. The van der Waals surface area contributed by atoms with Crippen molar-refractivity contribution >= 4 is 73.7 Å². The number of benzene rings is 4. The number of nitrogens with one attached hydrogen (secondary N) is 2. The molecule has 215 valence electrons. The molecule has 7 aromatic rings. The molecule has 0 radical (unpaired) electrons. The van der Waals surface area contributed by atoms with Crippen LogP contribution in [0.1, 0.15) is 0 Å². The van der Waals surface area contributed by atoms with Crippen molar-refractivity contribution in [3.05, 3.63) is 97.1 Å². The van der Waals surface area contributed by atoms with E-state index in [0.29, 0.717) is 45.9 Å². The number of rotatable bonds is 0. The summed E-state index contributed by atoms with van der Waals surface area (Å²) in [6.07, 6.45) is 0. The Morgan fingerprint density at radius 2 is 0.674 bits per heavy atom. The predicted molar refractivity (Wildman–Crippen MR) is 174 cm³/mol. The average Bonchev–Trinajstić information content (AvgIpc) is 3.81. The number of nitrogens with zero attached hydrogens (tertiary/aromatic N) is 8. The molecule has 0 atom stereocenters. The van der Waals surface area contributed by atoms with Crippen molar-refractivity contribution < 1.29 is 14.7 Å². The molecule has 0 saturated heterocycles. The van der Waals surface area contributed by atoms with Crippen molar-refractivity contribution in [1.29, 1.82) is 10.5 Å². The van der Waals surface area contributed by atoms with Gasteiger partial charge < -0.3 is 9.97 Å². The zero-order chi connectivity index (χ0) is 30.3. The summed E-state index contributed by atoms with van der Waals surface area (Å²) in [5.74, 6) is 2.39. The van der Waals surface area contributed by atoms with Crippen LogP contribution in [0.5, 0.6) is 0 Å². The number of hydrogen-bond donors (Lipinski definition) is 2. The van der Waals surface area contributed by atoms with Crippen molar-refractivity contribution in [2.24, 2.45) is 0 Å². The molecule has 46 heavy (non-hydrogen) atoms. The number of nitriles is 2. The second-order valence-corrected chi connectivity index (χ2v) is 10.8. The minimum atomic E-state index is 0. The van der Waals surface area contributed by atoms with E-state index in [9.17, 15) is 0 Å². The Morgan fingerprint density at radius 1 is 0.413 bits per heavy atom. The van der Waals surface area contributed by atoms with Crippen LogP contribution in [-0.2, 0) is 14.7 Å². The third-order valence-electron chi connectivity index (χ3n) is 7.53. The number of fused-ring (bicyclic) bond motifs is 20. The summed E-state index contributed by atoms with van der Waals surface area (Å²) >= 11 is 0.215. The normalized spacial score (nSPS) is 11.0. The molecule has 9 rings (SSSR count). The van der Waals surface area contributed by atoms with E-state index in [1.54, 1.807) is 10.0 Å². The second-order valence-electron chi connectivity index (χ2n) is 10.0. The van der Waals surface area contributed by atoms with Crippen LogP contribution in [0.4, 0.5) is 0 Å². The number of aromatic amines is 2. The van der Waals surface area contributed by atoms with Crippen molar-refractivity contribution in [2.45, 2.75) is 0 Å². The molecule has 0 spiro atoms. The fourth-order valence-corrected chi connectivity index (χ4v) is 5.66. The molecule has 3 aromatic heterocycles. The van der Waals surface area contributed by atoms with Crippen molar-refractivity contribution in [3.8, 4) is 55.6 Å². The first kappa shape index (κ1) is 29.4. The zero-order valence-electron chi connectivity index (χ0n) is 23.1. The summed E-state index contributed by atoms with van der Waals surface area (Å²) < 4.78 is 0. The van der Waals surface area contributed by atoms with Gasteiger partial charge in [-0.3, -0.25) is 0 Å². The van der Waals surface area contributed by atoms with E-state index in [4.69, 9.17) is 40.4 Å². The summed E-state index contributed by atoms with van der Waals surface area (Å²) in [5, 5.41) is 22.2. The van der Waals surface area contributed by atoms with Gasteiger partial charge in [-0.05, 0) is 0 Å². The van der Waals surface area contributed by atoms with Gasteiger partial charge >= 0.3 is 64.8 Å². The molecule has 0 saturated carbocycles. The van der Waals surface area contributed by atoms with Crippen LogP contribution in [0, 0.1) is 20.5 Å². The first-order valence-corrected chi connectivity index (χ1v) is 14.8. The fourth-order valence-electron chi connectivity index (χ4n) is 5.61. The van der Waals surface area contributed by atoms with Crippen LogP contribution in [0.2, 0.25) is 0 Å². The molecule has 10 nitrogen and oxygen atoms in total. The van der Waals surface area contributed by atoms with Gasteiger partial charge in [0.1, 0.15) is 22.6 Å². The van der Waals surface area contributed by atoms with Gasteiger partial charge in [-0.1, -0.05) is 97.1 Å². The van der Waals surface area contributed by atoms with Crippen molar-refractivity contribution in [2.75, 3.05) is 0 Å². The molecule has 0 fully saturated rings.